The lowest BCUT2D eigenvalue weighted by Gasteiger charge is -2.29. The molecule has 158 valence electrons. The van der Waals surface area contributed by atoms with Crippen molar-refractivity contribution in [1.82, 2.24) is 25.8 Å². The Bertz CT molecular complexity index is 487. The Labute approximate surface area is 165 Å². The summed E-state index contributed by atoms with van der Waals surface area (Å²) in [6, 6.07) is 0. The number of likely N-dealkylation sites (N-methyl/N-ethyl adjacent to an activating group) is 1. The van der Waals surface area contributed by atoms with Crippen LogP contribution in [0.3, 0.4) is 0 Å². The Balaban J connectivity index is 2.33. The van der Waals surface area contributed by atoms with Crippen molar-refractivity contribution < 1.29 is 9.53 Å². The minimum Gasteiger partial charge on any atom is -0.444 e. The molecule has 1 fully saturated rings. The van der Waals surface area contributed by atoms with Crippen molar-refractivity contribution in [3.8, 4) is 0 Å². The molecule has 8 heteroatoms. The van der Waals surface area contributed by atoms with Gasteiger partial charge >= 0.3 is 6.09 Å². The number of rotatable bonds is 6. The van der Waals surface area contributed by atoms with E-state index >= 15 is 0 Å². The molecule has 0 bridgehead atoms. The Kier molecular flexibility index (Phi) is 9.32. The third-order valence-electron chi connectivity index (χ3n) is 4.29. The average molecular weight is 385 g/mol. The summed E-state index contributed by atoms with van der Waals surface area (Å²) < 4.78 is 5.32. The second-order valence-electron chi connectivity index (χ2n) is 8.86. The van der Waals surface area contributed by atoms with Gasteiger partial charge in [0.2, 0.25) is 0 Å². The van der Waals surface area contributed by atoms with Crippen LogP contribution in [0.15, 0.2) is 4.99 Å². The summed E-state index contributed by atoms with van der Waals surface area (Å²) in [5.41, 5.74) is -0.970. The predicted molar refractivity (Wildman–Crippen MR) is 111 cm³/mol. The van der Waals surface area contributed by atoms with E-state index in [0.29, 0.717) is 6.54 Å². The Hall–Kier alpha value is -1.54. The van der Waals surface area contributed by atoms with E-state index in [1.807, 2.05) is 34.6 Å². The number of hydrogen-bond donors (Lipinski definition) is 3. The zero-order valence-electron chi connectivity index (χ0n) is 18.3. The highest BCUT2D eigenvalue weighted by Gasteiger charge is 2.24. The quantitative estimate of drug-likeness (QED) is 0.470. The molecule has 1 amide bonds. The first-order valence-electron chi connectivity index (χ1n) is 9.87. The van der Waals surface area contributed by atoms with Gasteiger partial charge in [0.15, 0.2) is 5.96 Å². The van der Waals surface area contributed by atoms with Gasteiger partial charge in [-0.15, -0.1) is 0 Å². The fourth-order valence-electron chi connectivity index (χ4n) is 2.81. The molecule has 0 atom stereocenters. The number of ether oxygens (including phenoxy) is 1. The minimum absolute atomic E-state index is 0.414. The van der Waals surface area contributed by atoms with E-state index in [2.05, 4.69) is 37.8 Å². The molecule has 0 aromatic rings. The van der Waals surface area contributed by atoms with Gasteiger partial charge in [0.25, 0.3) is 0 Å². The number of aliphatic imine (C=N–C) groups is 1. The van der Waals surface area contributed by atoms with Crippen LogP contribution in [0.1, 0.15) is 41.0 Å². The zero-order valence-corrected chi connectivity index (χ0v) is 18.3. The minimum atomic E-state index is -0.507. The van der Waals surface area contributed by atoms with E-state index in [0.717, 1.165) is 38.7 Å². The first kappa shape index (κ1) is 23.5. The number of carbonyl (C=O) groups excluding carboxylic acids is 1. The van der Waals surface area contributed by atoms with Crippen molar-refractivity contribution in [3.63, 3.8) is 0 Å². The van der Waals surface area contributed by atoms with Gasteiger partial charge < -0.3 is 30.5 Å². The largest absolute Gasteiger partial charge is 0.444 e. The summed E-state index contributed by atoms with van der Waals surface area (Å²) in [5, 5.41) is 9.52. The van der Waals surface area contributed by atoms with E-state index in [1.54, 1.807) is 7.05 Å². The van der Waals surface area contributed by atoms with Crippen LogP contribution >= 0.6 is 0 Å². The van der Waals surface area contributed by atoms with Crippen molar-refractivity contribution in [2.45, 2.75) is 52.2 Å². The first-order valence-corrected chi connectivity index (χ1v) is 9.87. The number of alkyl carbamates (subject to hydrolysis) is 1. The predicted octanol–water partition coefficient (Wildman–Crippen LogP) is 1.09. The Morgan fingerprint density at radius 1 is 1.07 bits per heavy atom. The molecule has 1 aliphatic heterocycles. The summed E-state index contributed by atoms with van der Waals surface area (Å²) in [6.07, 6.45) is 0.803. The van der Waals surface area contributed by atoms with Gasteiger partial charge in [-0.3, -0.25) is 4.99 Å². The monoisotopic (exact) mass is 384 g/mol. The van der Waals surface area contributed by atoms with Crippen molar-refractivity contribution in [2.75, 3.05) is 59.9 Å². The second-order valence-corrected chi connectivity index (χ2v) is 8.86. The lowest BCUT2D eigenvalue weighted by atomic mass is 10.1. The zero-order chi connectivity index (χ0) is 20.5. The highest BCUT2D eigenvalue weighted by molar-refractivity contribution is 5.79. The highest BCUT2D eigenvalue weighted by Crippen LogP contribution is 2.09. The number of guanidine groups is 1. The topological polar surface area (TPSA) is 81.2 Å². The summed E-state index contributed by atoms with van der Waals surface area (Å²) in [5.74, 6) is 0.737. The molecular weight excluding hydrogens is 344 g/mol. The van der Waals surface area contributed by atoms with Crippen LogP contribution in [-0.4, -0.2) is 92.9 Å². The van der Waals surface area contributed by atoms with Gasteiger partial charge in [-0.25, -0.2) is 4.79 Å². The van der Waals surface area contributed by atoms with Gasteiger partial charge in [-0.2, -0.15) is 0 Å². The molecule has 0 saturated carbocycles. The average Bonchev–Trinajstić information content (AvgIpc) is 2.72. The second kappa shape index (κ2) is 10.7. The SMILES string of the molecule is CN=C(NCCN1CCCN(C)CC1)NCC(C)(C)NC(=O)OC(C)(C)C. The number of amides is 1. The maximum absolute atomic E-state index is 12.0. The summed E-state index contributed by atoms with van der Waals surface area (Å²) in [6.45, 7) is 16.4. The molecule has 1 heterocycles. The molecule has 1 saturated heterocycles. The van der Waals surface area contributed by atoms with Crippen molar-refractivity contribution in [2.24, 2.45) is 4.99 Å². The number of hydrogen-bond acceptors (Lipinski definition) is 5. The van der Waals surface area contributed by atoms with Crippen LogP contribution in [0.4, 0.5) is 4.79 Å². The van der Waals surface area contributed by atoms with E-state index in [-0.39, 0.29) is 0 Å². The van der Waals surface area contributed by atoms with Gasteiger partial charge in [-0.1, -0.05) is 0 Å². The molecule has 0 aromatic heterocycles. The van der Waals surface area contributed by atoms with Gasteiger partial charge in [-0.05, 0) is 61.2 Å². The van der Waals surface area contributed by atoms with E-state index in [1.165, 1.54) is 13.0 Å². The van der Waals surface area contributed by atoms with Crippen LogP contribution in [0.5, 0.6) is 0 Å². The smallest absolute Gasteiger partial charge is 0.408 e. The normalized spacial score (nSPS) is 18.0. The fraction of sp³-hybridized carbons (Fsp3) is 0.895. The number of nitrogens with zero attached hydrogens (tertiary/aromatic N) is 3. The molecule has 0 aliphatic carbocycles. The molecule has 8 nitrogen and oxygen atoms in total. The molecule has 27 heavy (non-hydrogen) atoms. The molecule has 0 aromatic carbocycles. The fourth-order valence-corrected chi connectivity index (χ4v) is 2.81. The lowest BCUT2D eigenvalue weighted by Crippen LogP contribution is -2.54. The van der Waals surface area contributed by atoms with E-state index in [9.17, 15) is 4.79 Å². The Morgan fingerprint density at radius 3 is 2.41 bits per heavy atom. The molecule has 1 rings (SSSR count). The Morgan fingerprint density at radius 2 is 1.78 bits per heavy atom. The van der Waals surface area contributed by atoms with Crippen LogP contribution in [-0.2, 0) is 4.74 Å². The molecule has 1 aliphatic rings. The molecule has 0 unspecified atom stereocenters. The molecular formula is C19H40N6O2. The number of nitrogens with one attached hydrogen (secondary N) is 3. The molecule has 3 N–H and O–H groups in total. The maximum Gasteiger partial charge on any atom is 0.408 e. The van der Waals surface area contributed by atoms with Gasteiger partial charge in [0.1, 0.15) is 5.60 Å². The molecule has 0 spiro atoms. The van der Waals surface area contributed by atoms with Crippen LogP contribution < -0.4 is 16.0 Å². The van der Waals surface area contributed by atoms with Gasteiger partial charge in [0.05, 0.1) is 5.54 Å². The molecule has 0 radical (unpaired) electrons. The summed E-state index contributed by atoms with van der Waals surface area (Å²) >= 11 is 0. The lowest BCUT2D eigenvalue weighted by molar-refractivity contribution is 0.0474. The van der Waals surface area contributed by atoms with Crippen molar-refractivity contribution in [1.29, 1.82) is 0 Å². The third kappa shape index (κ3) is 11.0. The first-order chi connectivity index (χ1) is 12.5. The van der Waals surface area contributed by atoms with Crippen LogP contribution in [0, 0.1) is 0 Å². The van der Waals surface area contributed by atoms with E-state index in [4.69, 9.17) is 4.74 Å². The number of carbonyl (C=O) groups is 1. The summed E-state index contributed by atoms with van der Waals surface area (Å²) in [7, 11) is 3.94. The van der Waals surface area contributed by atoms with Crippen molar-refractivity contribution >= 4 is 12.1 Å². The third-order valence-corrected chi connectivity index (χ3v) is 4.29. The highest BCUT2D eigenvalue weighted by atomic mass is 16.6. The standard InChI is InChI=1S/C19H40N6O2/c1-18(2,3)27-17(26)23-19(4,5)15-22-16(20-6)21-9-12-25-11-8-10-24(7)13-14-25/h8-15H2,1-7H3,(H,23,26)(H2,20,21,22). The van der Waals surface area contributed by atoms with Crippen molar-refractivity contribution in [3.05, 3.63) is 0 Å². The maximum atomic E-state index is 12.0. The van der Waals surface area contributed by atoms with Crippen LogP contribution in [0.25, 0.3) is 0 Å². The van der Waals surface area contributed by atoms with E-state index < -0.39 is 17.2 Å². The van der Waals surface area contributed by atoms with Crippen LogP contribution in [0.2, 0.25) is 0 Å². The summed E-state index contributed by atoms with van der Waals surface area (Å²) in [4.78, 5) is 21.1. The van der Waals surface area contributed by atoms with Gasteiger partial charge in [0, 0.05) is 39.8 Å².